The number of para-hydroxylation sites is 2. The number of hydrogen-bond acceptors (Lipinski definition) is 3. The maximum atomic E-state index is 6.28. The molecule has 0 amide bonds. The molecule has 3 heterocycles. The smallest absolute Gasteiger partial charge is 0.231 e. The summed E-state index contributed by atoms with van der Waals surface area (Å²) in [6.45, 7) is 4.68. The molecule has 4 nitrogen and oxygen atoms in total. The fraction of sp³-hybridized carbons (Fsp3) is 0.0698. The Bertz CT molecular complexity index is 2700. The number of fused-ring (bicyclic) bond motifs is 9. The van der Waals surface area contributed by atoms with Crippen molar-refractivity contribution in [2.24, 2.45) is 0 Å². The summed E-state index contributed by atoms with van der Waals surface area (Å²) in [6, 6.07) is 49.4. The number of hydrogen-bond donors (Lipinski definition) is 0. The van der Waals surface area contributed by atoms with Crippen LogP contribution in [-0.4, -0.2) is 14.5 Å². The summed E-state index contributed by atoms with van der Waals surface area (Å²) in [5.41, 5.74) is 13.1. The van der Waals surface area contributed by atoms with Crippen molar-refractivity contribution in [2.45, 2.75) is 19.3 Å². The van der Waals surface area contributed by atoms with Crippen LogP contribution in [0.15, 0.2) is 144 Å². The number of benzene rings is 6. The number of rotatable bonds is 3. The Morgan fingerprint density at radius 1 is 0.553 bits per heavy atom. The maximum Gasteiger partial charge on any atom is 0.231 e. The van der Waals surface area contributed by atoms with E-state index in [4.69, 9.17) is 14.4 Å². The van der Waals surface area contributed by atoms with Gasteiger partial charge in [-0.3, -0.25) is 0 Å². The molecule has 0 saturated carbocycles. The fourth-order valence-corrected chi connectivity index (χ4v) is 7.76. The van der Waals surface area contributed by atoms with Crippen LogP contribution in [0.5, 0.6) is 0 Å². The van der Waals surface area contributed by atoms with Crippen LogP contribution in [-0.2, 0) is 5.41 Å². The summed E-state index contributed by atoms with van der Waals surface area (Å²) in [4.78, 5) is 10.1. The molecule has 10 rings (SSSR count). The Kier molecular flexibility index (Phi) is 5.31. The summed E-state index contributed by atoms with van der Waals surface area (Å²) in [5.74, 6) is 0.640. The van der Waals surface area contributed by atoms with Crippen molar-refractivity contribution < 1.29 is 4.42 Å². The average molecular weight is 604 g/mol. The molecule has 4 heteroatoms. The topological polar surface area (TPSA) is 43.9 Å². The second-order valence-corrected chi connectivity index (χ2v) is 13.0. The van der Waals surface area contributed by atoms with Crippen molar-refractivity contribution in [3.63, 3.8) is 0 Å². The minimum atomic E-state index is -0.0750. The van der Waals surface area contributed by atoms with Crippen LogP contribution in [0, 0.1) is 0 Å². The minimum Gasteiger partial charge on any atom is -0.438 e. The number of aromatic nitrogens is 3. The van der Waals surface area contributed by atoms with Gasteiger partial charge in [0.1, 0.15) is 5.58 Å². The quantitative estimate of drug-likeness (QED) is 0.202. The van der Waals surface area contributed by atoms with Crippen LogP contribution in [0.3, 0.4) is 0 Å². The number of nitrogens with zero attached hydrogens (tertiary/aromatic N) is 3. The molecule has 0 fully saturated rings. The first kappa shape index (κ1) is 26.2. The second-order valence-electron chi connectivity index (χ2n) is 13.0. The van der Waals surface area contributed by atoms with Gasteiger partial charge in [-0.05, 0) is 70.8 Å². The zero-order valence-corrected chi connectivity index (χ0v) is 26.0. The van der Waals surface area contributed by atoms with Crippen LogP contribution in [0.1, 0.15) is 25.0 Å². The van der Waals surface area contributed by atoms with Crippen molar-refractivity contribution in [1.82, 2.24) is 14.5 Å². The van der Waals surface area contributed by atoms with Gasteiger partial charge in [-0.1, -0.05) is 105 Å². The molecular weight excluding hydrogens is 574 g/mol. The first-order chi connectivity index (χ1) is 23.1. The molecule has 0 saturated heterocycles. The van der Waals surface area contributed by atoms with Gasteiger partial charge in [-0.2, -0.15) is 4.98 Å². The molecule has 47 heavy (non-hydrogen) atoms. The molecule has 0 unspecified atom stereocenters. The predicted molar refractivity (Wildman–Crippen MR) is 192 cm³/mol. The average Bonchev–Trinajstić information content (AvgIpc) is 3.73. The van der Waals surface area contributed by atoms with E-state index in [-0.39, 0.29) is 5.41 Å². The van der Waals surface area contributed by atoms with Crippen molar-refractivity contribution in [3.8, 4) is 39.5 Å². The van der Waals surface area contributed by atoms with Gasteiger partial charge < -0.3 is 8.98 Å². The molecule has 9 aromatic rings. The van der Waals surface area contributed by atoms with Crippen molar-refractivity contribution in [2.75, 3.05) is 0 Å². The van der Waals surface area contributed by atoms with E-state index in [1.165, 1.54) is 44.1 Å². The van der Waals surface area contributed by atoms with Crippen LogP contribution in [0.2, 0.25) is 0 Å². The van der Waals surface area contributed by atoms with Gasteiger partial charge in [0, 0.05) is 38.4 Å². The molecule has 1 aliphatic rings. The molecule has 0 atom stereocenters. The minimum absolute atomic E-state index is 0.0750. The molecule has 222 valence electrons. The van der Waals surface area contributed by atoms with Gasteiger partial charge in [0.25, 0.3) is 0 Å². The van der Waals surface area contributed by atoms with Crippen molar-refractivity contribution >= 4 is 43.9 Å². The van der Waals surface area contributed by atoms with Gasteiger partial charge in [0.2, 0.25) is 5.71 Å². The van der Waals surface area contributed by atoms with E-state index in [0.717, 1.165) is 38.9 Å². The van der Waals surface area contributed by atoms with Crippen LogP contribution < -0.4 is 0 Å². The van der Waals surface area contributed by atoms with E-state index in [0.29, 0.717) is 11.5 Å². The van der Waals surface area contributed by atoms with E-state index < -0.39 is 0 Å². The summed E-state index contributed by atoms with van der Waals surface area (Å²) in [6.07, 6.45) is 0. The van der Waals surface area contributed by atoms with E-state index in [1.54, 1.807) is 0 Å². The molecule has 0 spiro atoms. The predicted octanol–water partition coefficient (Wildman–Crippen LogP) is 11.1. The van der Waals surface area contributed by atoms with Gasteiger partial charge in [0.05, 0.1) is 22.1 Å². The molecule has 6 aromatic carbocycles. The Hall–Kier alpha value is -6.00. The highest BCUT2D eigenvalue weighted by molar-refractivity contribution is 6.12. The Balaban J connectivity index is 1.15. The molecule has 0 bridgehead atoms. The molecule has 0 radical (unpaired) electrons. The van der Waals surface area contributed by atoms with E-state index in [9.17, 15) is 0 Å². The molecule has 0 aliphatic heterocycles. The lowest BCUT2D eigenvalue weighted by molar-refractivity contribution is 0.653. The Labute approximate surface area is 271 Å². The molecular formula is C43H29N3O. The summed E-state index contributed by atoms with van der Waals surface area (Å²) in [7, 11) is 0. The highest BCUT2D eigenvalue weighted by Gasteiger charge is 2.36. The van der Waals surface area contributed by atoms with E-state index >= 15 is 0 Å². The first-order valence-electron chi connectivity index (χ1n) is 16.1. The van der Waals surface area contributed by atoms with Gasteiger partial charge in [-0.25, -0.2) is 4.98 Å². The van der Waals surface area contributed by atoms with E-state index in [1.807, 2.05) is 36.4 Å². The normalized spacial score (nSPS) is 13.5. The standard InChI is InChI=1S/C43H29N3O/c1-43(2)34-17-9-6-14-29(34)32-24-33-30-15-7-10-18-36(30)46(37(33)25-35(32)43)28-22-20-27(21-23-28)41-44-40(26-12-4-3-5-13-26)39-31-16-8-11-19-38(31)47-42(39)45-41/h3-25H,1-2H3. The van der Waals surface area contributed by atoms with Crippen LogP contribution >= 0.6 is 0 Å². The Morgan fingerprint density at radius 3 is 2.13 bits per heavy atom. The summed E-state index contributed by atoms with van der Waals surface area (Å²) in [5, 5.41) is 4.48. The largest absolute Gasteiger partial charge is 0.438 e. The molecule has 0 N–H and O–H groups in total. The third-order valence-electron chi connectivity index (χ3n) is 10.0. The van der Waals surface area contributed by atoms with Gasteiger partial charge in [-0.15, -0.1) is 0 Å². The summed E-state index contributed by atoms with van der Waals surface area (Å²) >= 11 is 0. The highest BCUT2D eigenvalue weighted by Crippen LogP contribution is 2.51. The van der Waals surface area contributed by atoms with Crippen molar-refractivity contribution in [1.29, 1.82) is 0 Å². The maximum absolute atomic E-state index is 6.28. The van der Waals surface area contributed by atoms with Crippen LogP contribution in [0.4, 0.5) is 0 Å². The van der Waals surface area contributed by atoms with Gasteiger partial charge >= 0.3 is 0 Å². The molecule has 3 aromatic heterocycles. The van der Waals surface area contributed by atoms with Crippen LogP contribution in [0.25, 0.3) is 83.3 Å². The van der Waals surface area contributed by atoms with Gasteiger partial charge in [0.15, 0.2) is 5.82 Å². The lowest BCUT2D eigenvalue weighted by atomic mass is 9.82. The lowest BCUT2D eigenvalue weighted by Gasteiger charge is -2.21. The zero-order chi connectivity index (χ0) is 31.3. The highest BCUT2D eigenvalue weighted by atomic mass is 16.3. The fourth-order valence-electron chi connectivity index (χ4n) is 7.76. The first-order valence-corrected chi connectivity index (χ1v) is 16.1. The third kappa shape index (κ3) is 3.70. The third-order valence-corrected chi connectivity index (χ3v) is 10.0. The monoisotopic (exact) mass is 603 g/mol. The number of furan rings is 1. The SMILES string of the molecule is CC1(C)c2ccccc2-c2cc3c4ccccc4n(-c4ccc(-c5nc(-c6ccccc6)c6c(n5)oc5ccccc56)cc4)c3cc21. The van der Waals surface area contributed by atoms with Crippen molar-refractivity contribution in [3.05, 3.63) is 151 Å². The second kappa shape index (κ2) is 9.51. The molecule has 1 aliphatic carbocycles. The van der Waals surface area contributed by atoms with E-state index in [2.05, 4.69) is 122 Å². The Morgan fingerprint density at radius 2 is 1.28 bits per heavy atom. The summed E-state index contributed by atoms with van der Waals surface area (Å²) < 4.78 is 8.67. The lowest BCUT2D eigenvalue weighted by Crippen LogP contribution is -2.14. The zero-order valence-electron chi connectivity index (χ0n) is 26.0.